The number of anilines is 1. The van der Waals surface area contributed by atoms with Crippen LogP contribution in [0.3, 0.4) is 0 Å². The van der Waals surface area contributed by atoms with Crippen LogP contribution < -0.4 is 16.4 Å². The van der Waals surface area contributed by atoms with Gasteiger partial charge in [-0.15, -0.1) is 0 Å². The number of aromatic nitrogens is 1. The van der Waals surface area contributed by atoms with Crippen LogP contribution in [0.15, 0.2) is 12.3 Å². The minimum absolute atomic E-state index is 0.0744. The highest BCUT2D eigenvalue weighted by Gasteiger charge is 2.22. The summed E-state index contributed by atoms with van der Waals surface area (Å²) in [5, 5.41) is 5.77. The first kappa shape index (κ1) is 15.4. The van der Waals surface area contributed by atoms with Gasteiger partial charge < -0.3 is 20.9 Å². The molecule has 0 saturated heterocycles. The van der Waals surface area contributed by atoms with Crippen LogP contribution in [0.1, 0.15) is 49.5 Å². The Morgan fingerprint density at radius 2 is 2.19 bits per heavy atom. The molecule has 1 aromatic heterocycles. The van der Waals surface area contributed by atoms with E-state index in [1.165, 1.54) is 0 Å². The zero-order valence-corrected chi connectivity index (χ0v) is 12.5. The highest BCUT2D eigenvalue weighted by molar-refractivity contribution is 5.93. The summed E-state index contributed by atoms with van der Waals surface area (Å²) in [6.07, 6.45) is 6.01. The van der Waals surface area contributed by atoms with Crippen LogP contribution in [-0.2, 0) is 11.3 Å². The summed E-state index contributed by atoms with van der Waals surface area (Å²) in [5.74, 6) is -0.0619. The Morgan fingerprint density at radius 1 is 1.43 bits per heavy atom. The number of amides is 2. The molecule has 4 N–H and O–H groups in total. The molecule has 0 radical (unpaired) electrons. The van der Waals surface area contributed by atoms with Crippen molar-refractivity contribution in [3.05, 3.63) is 18.0 Å². The van der Waals surface area contributed by atoms with Crippen molar-refractivity contribution in [2.75, 3.05) is 12.3 Å². The molecule has 21 heavy (non-hydrogen) atoms. The monoisotopic (exact) mass is 292 g/mol. The molecular weight excluding hydrogens is 268 g/mol. The zero-order valence-electron chi connectivity index (χ0n) is 12.5. The van der Waals surface area contributed by atoms with Crippen LogP contribution in [0.4, 0.5) is 5.69 Å². The number of aryl methyl sites for hydroxylation is 1. The molecule has 1 saturated carbocycles. The number of nitrogens with one attached hydrogen (secondary N) is 2. The van der Waals surface area contributed by atoms with Crippen molar-refractivity contribution in [3.8, 4) is 0 Å². The van der Waals surface area contributed by atoms with E-state index in [1.54, 1.807) is 12.3 Å². The molecule has 2 rings (SSSR count). The van der Waals surface area contributed by atoms with E-state index in [9.17, 15) is 9.59 Å². The highest BCUT2D eigenvalue weighted by atomic mass is 16.2. The summed E-state index contributed by atoms with van der Waals surface area (Å²) in [4.78, 5) is 23.6. The minimum atomic E-state index is -0.136. The van der Waals surface area contributed by atoms with Gasteiger partial charge in [0.15, 0.2) is 0 Å². The first-order valence-electron chi connectivity index (χ1n) is 7.63. The van der Waals surface area contributed by atoms with E-state index in [0.717, 1.165) is 25.8 Å². The number of hydrogen-bond donors (Lipinski definition) is 3. The van der Waals surface area contributed by atoms with E-state index < -0.39 is 0 Å². The summed E-state index contributed by atoms with van der Waals surface area (Å²) >= 11 is 0. The summed E-state index contributed by atoms with van der Waals surface area (Å²) < 4.78 is 1.87. The molecule has 0 bridgehead atoms. The van der Waals surface area contributed by atoms with Gasteiger partial charge in [-0.3, -0.25) is 9.59 Å². The third kappa shape index (κ3) is 4.81. The van der Waals surface area contributed by atoms with Gasteiger partial charge in [0.05, 0.1) is 5.69 Å². The summed E-state index contributed by atoms with van der Waals surface area (Å²) in [7, 11) is 0. The Kier molecular flexibility index (Phi) is 5.25. The topological polar surface area (TPSA) is 89.2 Å². The Labute approximate surface area is 125 Å². The number of carbonyl (C=O) groups is 2. The van der Waals surface area contributed by atoms with E-state index in [-0.39, 0.29) is 11.8 Å². The lowest BCUT2D eigenvalue weighted by atomic mass is 10.3. The molecule has 2 amide bonds. The van der Waals surface area contributed by atoms with Gasteiger partial charge in [-0.2, -0.15) is 0 Å². The molecule has 116 valence electrons. The van der Waals surface area contributed by atoms with Crippen LogP contribution in [0, 0.1) is 0 Å². The SMILES string of the molecule is CCCn1cc(N)cc1C(=O)NCCCC(=O)NC1CC1. The molecule has 1 heterocycles. The van der Waals surface area contributed by atoms with E-state index in [4.69, 9.17) is 5.73 Å². The second-order valence-corrected chi connectivity index (χ2v) is 5.55. The van der Waals surface area contributed by atoms with Crippen LogP contribution in [0.25, 0.3) is 0 Å². The van der Waals surface area contributed by atoms with Crippen molar-refractivity contribution < 1.29 is 9.59 Å². The van der Waals surface area contributed by atoms with E-state index in [1.807, 2.05) is 4.57 Å². The molecule has 0 unspecified atom stereocenters. The molecule has 1 fully saturated rings. The van der Waals surface area contributed by atoms with Crippen LogP contribution in [0.5, 0.6) is 0 Å². The number of carbonyl (C=O) groups excluding carboxylic acids is 2. The quantitative estimate of drug-likeness (QED) is 0.630. The summed E-state index contributed by atoms with van der Waals surface area (Å²) in [6, 6.07) is 2.08. The average molecular weight is 292 g/mol. The fraction of sp³-hybridized carbons (Fsp3) is 0.600. The predicted molar refractivity (Wildman–Crippen MR) is 81.9 cm³/mol. The maximum Gasteiger partial charge on any atom is 0.267 e. The third-order valence-corrected chi connectivity index (χ3v) is 3.42. The smallest absolute Gasteiger partial charge is 0.267 e. The highest BCUT2D eigenvalue weighted by Crippen LogP contribution is 2.18. The number of nitrogens with two attached hydrogens (primary N) is 1. The van der Waals surface area contributed by atoms with Gasteiger partial charge in [0.25, 0.3) is 5.91 Å². The van der Waals surface area contributed by atoms with Crippen LogP contribution in [0.2, 0.25) is 0 Å². The van der Waals surface area contributed by atoms with Gasteiger partial charge in [-0.25, -0.2) is 0 Å². The first-order valence-corrected chi connectivity index (χ1v) is 7.63. The lowest BCUT2D eigenvalue weighted by molar-refractivity contribution is -0.121. The van der Waals surface area contributed by atoms with Gasteiger partial charge in [0.2, 0.25) is 5.91 Å². The van der Waals surface area contributed by atoms with Crippen molar-refractivity contribution in [3.63, 3.8) is 0 Å². The minimum Gasteiger partial charge on any atom is -0.397 e. The average Bonchev–Trinajstić information content (AvgIpc) is 3.17. The predicted octanol–water partition coefficient (Wildman–Crippen LogP) is 1.27. The second kappa shape index (κ2) is 7.15. The van der Waals surface area contributed by atoms with Crippen molar-refractivity contribution in [2.45, 2.75) is 51.6 Å². The number of hydrogen-bond acceptors (Lipinski definition) is 3. The fourth-order valence-corrected chi connectivity index (χ4v) is 2.22. The molecule has 0 aliphatic heterocycles. The molecule has 1 aliphatic carbocycles. The largest absolute Gasteiger partial charge is 0.397 e. The van der Waals surface area contributed by atoms with Crippen molar-refractivity contribution >= 4 is 17.5 Å². The van der Waals surface area contributed by atoms with Gasteiger partial charge in [0, 0.05) is 31.7 Å². The fourth-order valence-electron chi connectivity index (χ4n) is 2.22. The third-order valence-electron chi connectivity index (χ3n) is 3.42. The molecule has 0 aromatic carbocycles. The Bertz CT molecular complexity index is 506. The maximum absolute atomic E-state index is 12.1. The first-order chi connectivity index (χ1) is 10.1. The van der Waals surface area contributed by atoms with Gasteiger partial charge in [-0.1, -0.05) is 6.92 Å². The number of nitrogen functional groups attached to an aromatic ring is 1. The number of nitrogens with zero attached hydrogens (tertiary/aromatic N) is 1. The molecule has 1 aromatic rings. The standard InChI is InChI=1S/C15H24N4O2/c1-2-8-19-10-11(16)9-13(19)15(21)17-7-3-4-14(20)18-12-5-6-12/h9-10,12H,2-8,16H2,1H3,(H,17,21)(H,18,20). The van der Waals surface area contributed by atoms with Crippen LogP contribution in [-0.4, -0.2) is 29.0 Å². The molecule has 6 heteroatoms. The maximum atomic E-state index is 12.1. The van der Waals surface area contributed by atoms with Crippen molar-refractivity contribution in [2.24, 2.45) is 0 Å². The van der Waals surface area contributed by atoms with Crippen molar-refractivity contribution in [1.29, 1.82) is 0 Å². The molecule has 0 spiro atoms. The molecule has 6 nitrogen and oxygen atoms in total. The van der Waals surface area contributed by atoms with Gasteiger partial charge in [0.1, 0.15) is 5.69 Å². The lowest BCUT2D eigenvalue weighted by Crippen LogP contribution is -2.29. The molecular formula is C15H24N4O2. The Hall–Kier alpha value is -1.98. The molecule has 0 atom stereocenters. The lowest BCUT2D eigenvalue weighted by Gasteiger charge is -2.08. The van der Waals surface area contributed by atoms with E-state index >= 15 is 0 Å². The summed E-state index contributed by atoms with van der Waals surface area (Å²) in [5.41, 5.74) is 6.92. The normalized spacial score (nSPS) is 14.0. The van der Waals surface area contributed by atoms with E-state index in [0.29, 0.717) is 36.8 Å². The van der Waals surface area contributed by atoms with Crippen LogP contribution >= 0.6 is 0 Å². The van der Waals surface area contributed by atoms with Crippen molar-refractivity contribution in [1.82, 2.24) is 15.2 Å². The zero-order chi connectivity index (χ0) is 15.2. The Morgan fingerprint density at radius 3 is 2.86 bits per heavy atom. The van der Waals surface area contributed by atoms with Gasteiger partial charge >= 0.3 is 0 Å². The van der Waals surface area contributed by atoms with E-state index in [2.05, 4.69) is 17.6 Å². The molecule has 1 aliphatic rings. The number of rotatable bonds is 8. The second-order valence-electron chi connectivity index (χ2n) is 5.55. The Balaban J connectivity index is 1.72. The van der Waals surface area contributed by atoms with Gasteiger partial charge in [-0.05, 0) is 31.7 Å². The summed E-state index contributed by atoms with van der Waals surface area (Å²) in [6.45, 7) is 3.31.